The summed E-state index contributed by atoms with van der Waals surface area (Å²) in [6, 6.07) is 0. The molecule has 70 valence electrons. The maximum Gasteiger partial charge on any atom is 0.309 e. The van der Waals surface area contributed by atoms with Crippen molar-refractivity contribution in [2.45, 2.75) is 6.92 Å². The zero-order valence-electron chi connectivity index (χ0n) is 7.30. The average Bonchev–Trinajstić information content (AvgIpc) is 2.02. The van der Waals surface area contributed by atoms with E-state index in [1.54, 1.807) is 11.8 Å². The maximum absolute atomic E-state index is 10.9. The molecule has 0 bridgehead atoms. The zero-order chi connectivity index (χ0) is 9.56. The molecule has 0 radical (unpaired) electrons. The Balaban J connectivity index is 3.50. The van der Waals surface area contributed by atoms with Crippen LogP contribution in [0.5, 0.6) is 0 Å². The van der Waals surface area contributed by atoms with Crippen molar-refractivity contribution in [3.05, 3.63) is 11.6 Å². The SMILES string of the molecule is C=C(Cl)CSCC(C)C(=O)OC. The molecule has 0 aliphatic rings. The lowest BCUT2D eigenvalue weighted by Crippen LogP contribution is -2.14. The van der Waals surface area contributed by atoms with Gasteiger partial charge in [-0.25, -0.2) is 0 Å². The number of thioether (sulfide) groups is 1. The van der Waals surface area contributed by atoms with Crippen LogP contribution in [0.1, 0.15) is 6.92 Å². The van der Waals surface area contributed by atoms with Gasteiger partial charge in [-0.15, -0.1) is 0 Å². The molecule has 2 nitrogen and oxygen atoms in total. The van der Waals surface area contributed by atoms with Crippen LogP contribution in [0.25, 0.3) is 0 Å². The Bertz CT molecular complexity index is 170. The number of ether oxygens (including phenoxy) is 1. The molecule has 0 amide bonds. The van der Waals surface area contributed by atoms with E-state index in [1.807, 2.05) is 6.92 Å². The summed E-state index contributed by atoms with van der Waals surface area (Å²) < 4.78 is 4.56. The molecule has 12 heavy (non-hydrogen) atoms. The first kappa shape index (κ1) is 11.8. The highest BCUT2D eigenvalue weighted by atomic mass is 35.5. The Morgan fingerprint density at radius 3 is 2.75 bits per heavy atom. The smallest absolute Gasteiger partial charge is 0.309 e. The molecule has 0 rings (SSSR count). The van der Waals surface area contributed by atoms with Crippen LogP contribution >= 0.6 is 23.4 Å². The summed E-state index contributed by atoms with van der Waals surface area (Å²) in [5.41, 5.74) is 0. The minimum atomic E-state index is -0.178. The van der Waals surface area contributed by atoms with Gasteiger partial charge in [0.1, 0.15) is 0 Å². The third-order valence-electron chi connectivity index (χ3n) is 1.23. The predicted octanol–water partition coefficient (Wildman–Crippen LogP) is 2.28. The van der Waals surface area contributed by atoms with Crippen molar-refractivity contribution in [2.24, 2.45) is 5.92 Å². The van der Waals surface area contributed by atoms with Crippen molar-refractivity contribution >= 4 is 29.3 Å². The molecule has 4 heteroatoms. The van der Waals surface area contributed by atoms with Crippen LogP contribution in [0.2, 0.25) is 0 Å². The molecular formula is C8H13ClO2S. The fourth-order valence-electron chi connectivity index (χ4n) is 0.616. The minimum absolute atomic E-state index is 0.0731. The number of carbonyl (C=O) groups excluding carboxylic acids is 1. The quantitative estimate of drug-likeness (QED) is 0.649. The van der Waals surface area contributed by atoms with E-state index in [9.17, 15) is 4.79 Å². The largest absolute Gasteiger partial charge is 0.469 e. The maximum atomic E-state index is 10.9. The van der Waals surface area contributed by atoms with Gasteiger partial charge in [0.15, 0.2) is 0 Å². The lowest BCUT2D eigenvalue weighted by atomic mass is 10.2. The van der Waals surface area contributed by atoms with Gasteiger partial charge in [-0.2, -0.15) is 11.8 Å². The van der Waals surface area contributed by atoms with Crippen LogP contribution in [0.15, 0.2) is 11.6 Å². The molecule has 0 saturated carbocycles. The standard InChI is InChI=1S/C8H13ClO2S/c1-6(8(10)11-3)4-12-5-7(2)9/h6H,2,4-5H2,1,3H3. The minimum Gasteiger partial charge on any atom is -0.469 e. The van der Waals surface area contributed by atoms with Gasteiger partial charge in [-0.1, -0.05) is 25.1 Å². The number of hydrogen-bond acceptors (Lipinski definition) is 3. The number of carbonyl (C=O) groups is 1. The van der Waals surface area contributed by atoms with Gasteiger partial charge >= 0.3 is 5.97 Å². The molecular weight excluding hydrogens is 196 g/mol. The Morgan fingerprint density at radius 2 is 2.33 bits per heavy atom. The highest BCUT2D eigenvalue weighted by Gasteiger charge is 2.12. The van der Waals surface area contributed by atoms with Gasteiger partial charge in [0.2, 0.25) is 0 Å². The third kappa shape index (κ3) is 5.49. The van der Waals surface area contributed by atoms with Crippen molar-refractivity contribution < 1.29 is 9.53 Å². The molecule has 0 aromatic heterocycles. The molecule has 1 atom stereocenters. The number of hydrogen-bond donors (Lipinski definition) is 0. The normalized spacial score (nSPS) is 12.2. The van der Waals surface area contributed by atoms with E-state index >= 15 is 0 Å². The molecule has 0 aromatic rings. The van der Waals surface area contributed by atoms with Gasteiger partial charge in [-0.3, -0.25) is 4.79 Å². The molecule has 0 aromatic carbocycles. The molecule has 0 heterocycles. The summed E-state index contributed by atoms with van der Waals surface area (Å²) in [5.74, 6) is 1.15. The fourth-order valence-corrected chi connectivity index (χ4v) is 1.68. The first-order chi connectivity index (χ1) is 5.57. The molecule has 1 unspecified atom stereocenters. The first-order valence-electron chi connectivity index (χ1n) is 3.56. The lowest BCUT2D eigenvalue weighted by molar-refractivity contribution is -0.143. The van der Waals surface area contributed by atoms with E-state index in [4.69, 9.17) is 11.6 Å². The van der Waals surface area contributed by atoms with Crippen LogP contribution in [0, 0.1) is 5.92 Å². The highest BCUT2D eigenvalue weighted by molar-refractivity contribution is 7.99. The van der Waals surface area contributed by atoms with Gasteiger partial charge in [0, 0.05) is 16.5 Å². The molecule has 0 saturated heterocycles. The first-order valence-corrected chi connectivity index (χ1v) is 5.10. The fraction of sp³-hybridized carbons (Fsp3) is 0.625. The summed E-state index contributed by atoms with van der Waals surface area (Å²) >= 11 is 7.12. The van der Waals surface area contributed by atoms with E-state index < -0.39 is 0 Å². The van der Waals surface area contributed by atoms with E-state index in [-0.39, 0.29) is 11.9 Å². The monoisotopic (exact) mass is 208 g/mol. The molecule has 0 spiro atoms. The van der Waals surface area contributed by atoms with Crippen molar-refractivity contribution in [1.29, 1.82) is 0 Å². The van der Waals surface area contributed by atoms with Crippen LogP contribution < -0.4 is 0 Å². The van der Waals surface area contributed by atoms with E-state index in [1.165, 1.54) is 7.11 Å². The lowest BCUT2D eigenvalue weighted by Gasteiger charge is -2.07. The topological polar surface area (TPSA) is 26.3 Å². The number of halogens is 1. The molecule has 0 N–H and O–H groups in total. The van der Waals surface area contributed by atoms with Gasteiger partial charge in [0.05, 0.1) is 13.0 Å². The summed E-state index contributed by atoms with van der Waals surface area (Å²) in [5, 5.41) is 0.608. The molecule has 0 aliphatic heterocycles. The Labute approximate surface area is 82.3 Å². The molecule has 0 fully saturated rings. The Hall–Kier alpha value is -0.150. The van der Waals surface area contributed by atoms with Crippen LogP contribution in [-0.4, -0.2) is 24.6 Å². The van der Waals surface area contributed by atoms with Crippen LogP contribution in [-0.2, 0) is 9.53 Å². The highest BCUT2D eigenvalue weighted by Crippen LogP contribution is 2.14. The summed E-state index contributed by atoms with van der Waals surface area (Å²) in [6.45, 7) is 5.37. The van der Waals surface area contributed by atoms with Crippen LogP contribution in [0.4, 0.5) is 0 Å². The second-order valence-corrected chi connectivity index (χ2v) is 4.02. The number of methoxy groups -OCH3 is 1. The molecule has 0 aliphatic carbocycles. The Kier molecular flexibility index (Phi) is 6.30. The number of rotatable bonds is 5. The summed E-state index contributed by atoms with van der Waals surface area (Å²) in [4.78, 5) is 10.9. The summed E-state index contributed by atoms with van der Waals surface area (Å²) in [6.07, 6.45) is 0. The van der Waals surface area contributed by atoms with E-state index in [0.717, 1.165) is 5.75 Å². The second kappa shape index (κ2) is 6.38. The van der Waals surface area contributed by atoms with E-state index in [0.29, 0.717) is 10.8 Å². The van der Waals surface area contributed by atoms with E-state index in [2.05, 4.69) is 11.3 Å². The predicted molar refractivity (Wildman–Crippen MR) is 53.5 cm³/mol. The van der Waals surface area contributed by atoms with Crippen molar-refractivity contribution in [3.63, 3.8) is 0 Å². The van der Waals surface area contributed by atoms with Crippen LogP contribution in [0.3, 0.4) is 0 Å². The average molecular weight is 209 g/mol. The van der Waals surface area contributed by atoms with Crippen molar-refractivity contribution in [3.8, 4) is 0 Å². The summed E-state index contributed by atoms with van der Waals surface area (Å²) in [7, 11) is 1.39. The van der Waals surface area contributed by atoms with Gasteiger partial charge < -0.3 is 4.74 Å². The van der Waals surface area contributed by atoms with Gasteiger partial charge in [-0.05, 0) is 0 Å². The third-order valence-corrected chi connectivity index (χ3v) is 2.81. The second-order valence-electron chi connectivity index (χ2n) is 2.46. The van der Waals surface area contributed by atoms with Crippen molar-refractivity contribution in [1.82, 2.24) is 0 Å². The number of esters is 1. The Morgan fingerprint density at radius 1 is 1.75 bits per heavy atom. The van der Waals surface area contributed by atoms with Crippen molar-refractivity contribution in [2.75, 3.05) is 18.6 Å². The van der Waals surface area contributed by atoms with Gasteiger partial charge in [0.25, 0.3) is 0 Å². The zero-order valence-corrected chi connectivity index (χ0v) is 8.87.